The van der Waals surface area contributed by atoms with Crippen LogP contribution >= 0.6 is 11.8 Å². The Kier molecular flexibility index (Phi) is 3.19. The summed E-state index contributed by atoms with van der Waals surface area (Å²) < 4.78 is 0. The molecule has 2 unspecified atom stereocenters. The van der Waals surface area contributed by atoms with Crippen LogP contribution in [-0.4, -0.2) is 34.5 Å². The van der Waals surface area contributed by atoms with Gasteiger partial charge in [0.05, 0.1) is 11.8 Å². The second-order valence-corrected chi connectivity index (χ2v) is 5.41. The highest BCUT2D eigenvalue weighted by Gasteiger charge is 2.48. The summed E-state index contributed by atoms with van der Waals surface area (Å²) in [6.07, 6.45) is 2.55. The summed E-state index contributed by atoms with van der Waals surface area (Å²) in [6.45, 7) is 0. The maximum absolute atomic E-state index is 11.6. The molecular formula is C10H15NO3S. The number of carboxylic acid groups (broad SMARTS) is 1. The molecule has 0 aromatic rings. The second-order valence-electron chi connectivity index (χ2n) is 4.18. The van der Waals surface area contributed by atoms with Crippen LogP contribution in [0.1, 0.15) is 19.3 Å². The standard InChI is InChI=1S/C10H15NO3S/c12-9(7-5-8(7)10(13)14)11-6-1-3-15-4-2-6/h6-8H,1-5H2,(H,11,12)(H,13,14). The summed E-state index contributed by atoms with van der Waals surface area (Å²) in [5, 5.41) is 11.6. The molecule has 1 heterocycles. The van der Waals surface area contributed by atoms with Gasteiger partial charge in [-0.2, -0.15) is 11.8 Å². The van der Waals surface area contributed by atoms with Gasteiger partial charge in [-0.3, -0.25) is 9.59 Å². The Morgan fingerprint density at radius 2 is 1.87 bits per heavy atom. The summed E-state index contributed by atoms with van der Waals surface area (Å²) in [6, 6.07) is 0.272. The summed E-state index contributed by atoms with van der Waals surface area (Å²) in [5.74, 6) is 0.601. The van der Waals surface area contributed by atoms with Gasteiger partial charge < -0.3 is 10.4 Å². The van der Waals surface area contributed by atoms with E-state index in [1.165, 1.54) is 0 Å². The SMILES string of the molecule is O=C(O)C1CC1C(=O)NC1CCSCC1. The number of nitrogens with one attached hydrogen (secondary N) is 1. The van der Waals surface area contributed by atoms with Crippen molar-refractivity contribution in [2.45, 2.75) is 25.3 Å². The average Bonchev–Trinajstić information content (AvgIpc) is 2.98. The van der Waals surface area contributed by atoms with Crippen molar-refractivity contribution in [3.63, 3.8) is 0 Å². The monoisotopic (exact) mass is 229 g/mol. The molecule has 84 valence electrons. The molecule has 2 aliphatic rings. The highest BCUT2D eigenvalue weighted by Crippen LogP contribution is 2.38. The third-order valence-electron chi connectivity index (χ3n) is 3.01. The van der Waals surface area contributed by atoms with Crippen molar-refractivity contribution >= 4 is 23.6 Å². The van der Waals surface area contributed by atoms with E-state index in [4.69, 9.17) is 5.11 Å². The molecule has 1 aliphatic carbocycles. The van der Waals surface area contributed by atoms with E-state index in [9.17, 15) is 9.59 Å². The lowest BCUT2D eigenvalue weighted by Crippen LogP contribution is -2.38. The predicted molar refractivity (Wildman–Crippen MR) is 57.7 cm³/mol. The van der Waals surface area contributed by atoms with Crippen LogP contribution in [0.25, 0.3) is 0 Å². The minimum atomic E-state index is -0.839. The van der Waals surface area contributed by atoms with Gasteiger partial charge in [0.15, 0.2) is 0 Å². The Morgan fingerprint density at radius 3 is 2.40 bits per heavy atom. The largest absolute Gasteiger partial charge is 0.481 e. The van der Waals surface area contributed by atoms with Crippen molar-refractivity contribution in [1.82, 2.24) is 5.32 Å². The zero-order valence-electron chi connectivity index (χ0n) is 8.44. The Balaban J connectivity index is 1.75. The number of thioether (sulfide) groups is 1. The van der Waals surface area contributed by atoms with Crippen molar-refractivity contribution in [2.75, 3.05) is 11.5 Å². The van der Waals surface area contributed by atoms with Crippen LogP contribution in [0.2, 0.25) is 0 Å². The Hall–Kier alpha value is -0.710. The molecule has 0 spiro atoms. The van der Waals surface area contributed by atoms with E-state index >= 15 is 0 Å². The molecule has 0 aromatic carbocycles. The smallest absolute Gasteiger partial charge is 0.307 e. The lowest BCUT2D eigenvalue weighted by molar-refractivity contribution is -0.140. The van der Waals surface area contributed by atoms with Gasteiger partial charge in [0.25, 0.3) is 0 Å². The number of hydrogen-bond donors (Lipinski definition) is 2. The quantitative estimate of drug-likeness (QED) is 0.748. The topological polar surface area (TPSA) is 66.4 Å². The van der Waals surface area contributed by atoms with E-state index in [0.717, 1.165) is 24.3 Å². The third kappa shape index (κ3) is 2.65. The number of carboxylic acids is 1. The van der Waals surface area contributed by atoms with Gasteiger partial charge in [0.1, 0.15) is 0 Å². The first-order chi connectivity index (χ1) is 7.18. The van der Waals surface area contributed by atoms with Gasteiger partial charge in [-0.25, -0.2) is 0 Å². The molecule has 2 rings (SSSR count). The lowest BCUT2D eigenvalue weighted by Gasteiger charge is -2.22. The molecule has 4 nitrogen and oxygen atoms in total. The van der Waals surface area contributed by atoms with Crippen LogP contribution in [0.3, 0.4) is 0 Å². The molecule has 15 heavy (non-hydrogen) atoms. The van der Waals surface area contributed by atoms with Crippen LogP contribution in [0.4, 0.5) is 0 Å². The highest BCUT2D eigenvalue weighted by molar-refractivity contribution is 7.99. The number of carbonyl (C=O) groups excluding carboxylic acids is 1. The maximum Gasteiger partial charge on any atom is 0.307 e. The zero-order valence-corrected chi connectivity index (χ0v) is 9.26. The lowest BCUT2D eigenvalue weighted by atomic mass is 10.1. The fourth-order valence-electron chi connectivity index (χ4n) is 1.91. The van der Waals surface area contributed by atoms with Crippen LogP contribution in [0.15, 0.2) is 0 Å². The average molecular weight is 229 g/mol. The molecule has 0 aromatic heterocycles. The summed E-state index contributed by atoms with van der Waals surface area (Å²) in [4.78, 5) is 22.2. The molecule has 2 atom stereocenters. The Morgan fingerprint density at radius 1 is 1.20 bits per heavy atom. The first kappa shape index (κ1) is 10.8. The maximum atomic E-state index is 11.6. The van der Waals surface area contributed by atoms with Gasteiger partial charge in [-0.1, -0.05) is 0 Å². The third-order valence-corrected chi connectivity index (χ3v) is 4.06. The molecule has 0 radical (unpaired) electrons. The fraction of sp³-hybridized carbons (Fsp3) is 0.800. The van der Waals surface area contributed by atoms with E-state index in [0.29, 0.717) is 6.42 Å². The van der Waals surface area contributed by atoms with E-state index in [1.54, 1.807) is 0 Å². The Bertz CT molecular complexity index is 276. The molecule has 1 saturated heterocycles. The minimum absolute atomic E-state index is 0.0562. The molecular weight excluding hydrogens is 214 g/mol. The van der Waals surface area contributed by atoms with E-state index in [-0.39, 0.29) is 17.9 Å². The summed E-state index contributed by atoms with van der Waals surface area (Å²) >= 11 is 1.91. The first-order valence-corrected chi connectivity index (χ1v) is 6.45. The van der Waals surface area contributed by atoms with Gasteiger partial charge in [0, 0.05) is 6.04 Å². The number of amides is 1. The Labute approximate surface area is 92.8 Å². The van der Waals surface area contributed by atoms with E-state index in [2.05, 4.69) is 5.32 Å². The zero-order chi connectivity index (χ0) is 10.8. The van der Waals surface area contributed by atoms with Gasteiger partial charge in [-0.05, 0) is 30.8 Å². The van der Waals surface area contributed by atoms with Gasteiger partial charge in [-0.15, -0.1) is 0 Å². The molecule has 2 N–H and O–H groups in total. The van der Waals surface area contributed by atoms with Crippen LogP contribution in [0, 0.1) is 11.8 Å². The predicted octanol–water partition coefficient (Wildman–Crippen LogP) is 0.719. The van der Waals surface area contributed by atoms with E-state index < -0.39 is 11.9 Å². The van der Waals surface area contributed by atoms with E-state index in [1.807, 2.05) is 11.8 Å². The number of carbonyl (C=O) groups is 2. The van der Waals surface area contributed by atoms with Crippen molar-refractivity contribution in [3.05, 3.63) is 0 Å². The minimum Gasteiger partial charge on any atom is -0.481 e. The van der Waals surface area contributed by atoms with Crippen molar-refractivity contribution < 1.29 is 14.7 Å². The number of hydrogen-bond acceptors (Lipinski definition) is 3. The molecule has 5 heteroatoms. The highest BCUT2D eigenvalue weighted by atomic mass is 32.2. The first-order valence-electron chi connectivity index (χ1n) is 5.29. The van der Waals surface area contributed by atoms with Gasteiger partial charge in [0.2, 0.25) is 5.91 Å². The molecule has 1 amide bonds. The summed E-state index contributed by atoms with van der Waals surface area (Å²) in [5.41, 5.74) is 0. The molecule has 1 aliphatic heterocycles. The van der Waals surface area contributed by atoms with Gasteiger partial charge >= 0.3 is 5.97 Å². The summed E-state index contributed by atoms with van der Waals surface area (Å²) in [7, 11) is 0. The second kappa shape index (κ2) is 4.43. The number of rotatable bonds is 3. The van der Waals surface area contributed by atoms with Crippen LogP contribution < -0.4 is 5.32 Å². The van der Waals surface area contributed by atoms with Crippen LogP contribution in [0.5, 0.6) is 0 Å². The fourth-order valence-corrected chi connectivity index (χ4v) is 3.01. The normalized spacial score (nSPS) is 30.9. The molecule has 1 saturated carbocycles. The van der Waals surface area contributed by atoms with Crippen molar-refractivity contribution in [2.24, 2.45) is 11.8 Å². The molecule has 0 bridgehead atoms. The van der Waals surface area contributed by atoms with Crippen molar-refractivity contribution in [1.29, 1.82) is 0 Å². The van der Waals surface area contributed by atoms with Crippen LogP contribution in [-0.2, 0) is 9.59 Å². The number of aliphatic carboxylic acids is 1. The molecule has 2 fully saturated rings. The van der Waals surface area contributed by atoms with Crippen molar-refractivity contribution in [3.8, 4) is 0 Å².